The van der Waals surface area contributed by atoms with Crippen molar-refractivity contribution < 1.29 is 13.2 Å². The Morgan fingerprint density at radius 1 is 0.880 bits per heavy atom. The molecule has 1 amide bonds. The molecule has 0 aliphatic carbocycles. The molecule has 128 valence electrons. The topological polar surface area (TPSA) is 63.2 Å². The molecule has 0 saturated heterocycles. The van der Waals surface area contributed by atoms with Gasteiger partial charge in [-0.1, -0.05) is 48.5 Å². The van der Waals surface area contributed by atoms with E-state index in [1.54, 1.807) is 18.2 Å². The number of sulfone groups is 1. The molecule has 0 atom stereocenters. The van der Waals surface area contributed by atoms with Gasteiger partial charge in [0.1, 0.15) is 5.75 Å². The SMILES string of the molecule is Cc1cccc(C)c1NC(=O)CS(=O)(=O)c1ccc2ccccc2c1. The van der Waals surface area contributed by atoms with E-state index in [-0.39, 0.29) is 4.90 Å². The van der Waals surface area contributed by atoms with Crippen LogP contribution < -0.4 is 5.32 Å². The summed E-state index contributed by atoms with van der Waals surface area (Å²) in [5.41, 5.74) is 2.47. The Balaban J connectivity index is 1.83. The van der Waals surface area contributed by atoms with Crippen molar-refractivity contribution in [2.75, 3.05) is 11.1 Å². The average molecular weight is 353 g/mol. The molecule has 0 aliphatic rings. The highest BCUT2D eigenvalue weighted by molar-refractivity contribution is 7.92. The first-order chi connectivity index (χ1) is 11.9. The van der Waals surface area contributed by atoms with Gasteiger partial charge in [0.25, 0.3) is 0 Å². The fourth-order valence-corrected chi connectivity index (χ4v) is 3.97. The van der Waals surface area contributed by atoms with Crippen LogP contribution in [0.4, 0.5) is 5.69 Å². The van der Waals surface area contributed by atoms with Gasteiger partial charge in [-0.05, 0) is 47.9 Å². The third-order valence-electron chi connectivity index (χ3n) is 4.15. The Bertz CT molecular complexity index is 1040. The first-order valence-electron chi connectivity index (χ1n) is 7.94. The predicted molar refractivity (Wildman–Crippen MR) is 101 cm³/mol. The number of nitrogens with one attached hydrogen (secondary N) is 1. The molecule has 4 nitrogen and oxygen atoms in total. The van der Waals surface area contributed by atoms with Gasteiger partial charge >= 0.3 is 0 Å². The second-order valence-corrected chi connectivity index (χ2v) is 8.07. The maximum Gasteiger partial charge on any atom is 0.239 e. The zero-order valence-corrected chi connectivity index (χ0v) is 14.9. The van der Waals surface area contributed by atoms with Crippen LogP contribution in [-0.2, 0) is 14.6 Å². The molecule has 0 aromatic heterocycles. The van der Waals surface area contributed by atoms with E-state index < -0.39 is 21.5 Å². The number of aryl methyl sites for hydroxylation is 2. The third-order valence-corrected chi connectivity index (χ3v) is 5.76. The summed E-state index contributed by atoms with van der Waals surface area (Å²) >= 11 is 0. The molecule has 0 radical (unpaired) electrons. The smallest absolute Gasteiger partial charge is 0.239 e. The molecule has 3 rings (SSSR count). The van der Waals surface area contributed by atoms with Crippen molar-refractivity contribution in [3.05, 3.63) is 71.8 Å². The zero-order valence-electron chi connectivity index (χ0n) is 14.1. The molecule has 25 heavy (non-hydrogen) atoms. The van der Waals surface area contributed by atoms with E-state index in [0.29, 0.717) is 5.69 Å². The summed E-state index contributed by atoms with van der Waals surface area (Å²) in [6.07, 6.45) is 0. The minimum Gasteiger partial charge on any atom is -0.325 e. The molecule has 0 unspecified atom stereocenters. The number of carbonyl (C=O) groups is 1. The van der Waals surface area contributed by atoms with E-state index in [1.165, 1.54) is 0 Å². The van der Waals surface area contributed by atoms with Crippen LogP contribution in [0.2, 0.25) is 0 Å². The normalized spacial score (nSPS) is 11.4. The molecular formula is C20H19NO3S. The van der Waals surface area contributed by atoms with Crippen LogP contribution in [0.5, 0.6) is 0 Å². The molecule has 5 heteroatoms. The highest BCUT2D eigenvalue weighted by Gasteiger charge is 2.20. The standard InChI is InChI=1S/C20H19NO3S/c1-14-6-5-7-15(2)20(14)21-19(22)13-25(23,24)18-11-10-16-8-3-4-9-17(16)12-18/h3-12H,13H2,1-2H3,(H,21,22). The van der Waals surface area contributed by atoms with Crippen molar-refractivity contribution in [3.8, 4) is 0 Å². The number of hydrogen-bond donors (Lipinski definition) is 1. The molecule has 3 aromatic carbocycles. The highest BCUT2D eigenvalue weighted by Crippen LogP contribution is 2.22. The Labute approximate surface area is 147 Å². The van der Waals surface area contributed by atoms with E-state index in [1.807, 2.05) is 56.3 Å². The number of rotatable bonds is 4. The monoisotopic (exact) mass is 353 g/mol. The minimum absolute atomic E-state index is 0.155. The number of carbonyl (C=O) groups excluding carboxylic acids is 1. The van der Waals surface area contributed by atoms with Crippen molar-refractivity contribution in [1.82, 2.24) is 0 Å². The van der Waals surface area contributed by atoms with Gasteiger partial charge in [-0.2, -0.15) is 0 Å². The first-order valence-corrected chi connectivity index (χ1v) is 9.60. The molecular weight excluding hydrogens is 334 g/mol. The first kappa shape index (κ1) is 17.2. The fraction of sp³-hybridized carbons (Fsp3) is 0.150. The second kappa shape index (κ2) is 6.69. The van der Waals surface area contributed by atoms with E-state index in [4.69, 9.17) is 0 Å². The average Bonchev–Trinajstić information content (AvgIpc) is 2.57. The van der Waals surface area contributed by atoms with Gasteiger partial charge in [0.15, 0.2) is 9.84 Å². The summed E-state index contributed by atoms with van der Waals surface area (Å²) in [6.45, 7) is 3.75. The number of amides is 1. The Morgan fingerprint density at radius 3 is 2.20 bits per heavy atom. The summed E-state index contributed by atoms with van der Waals surface area (Å²) in [5, 5.41) is 4.52. The van der Waals surface area contributed by atoms with Gasteiger partial charge in [-0.15, -0.1) is 0 Å². The summed E-state index contributed by atoms with van der Waals surface area (Å²) in [6, 6.07) is 18.1. The lowest BCUT2D eigenvalue weighted by atomic mass is 10.1. The molecule has 0 bridgehead atoms. The molecule has 0 saturated carbocycles. The zero-order chi connectivity index (χ0) is 18.0. The van der Waals surface area contributed by atoms with Crippen LogP contribution in [-0.4, -0.2) is 20.1 Å². The van der Waals surface area contributed by atoms with E-state index >= 15 is 0 Å². The van der Waals surface area contributed by atoms with Crippen LogP contribution in [0.25, 0.3) is 10.8 Å². The largest absolute Gasteiger partial charge is 0.325 e. The summed E-state index contributed by atoms with van der Waals surface area (Å²) in [7, 11) is -3.71. The number of fused-ring (bicyclic) bond motifs is 1. The third kappa shape index (κ3) is 3.72. The Kier molecular flexibility index (Phi) is 4.59. The predicted octanol–water partition coefficient (Wildman–Crippen LogP) is 3.87. The number of para-hydroxylation sites is 1. The molecule has 0 fully saturated rings. The van der Waals surface area contributed by atoms with Gasteiger partial charge in [0, 0.05) is 5.69 Å². The number of benzene rings is 3. The lowest BCUT2D eigenvalue weighted by Gasteiger charge is -2.12. The summed E-state index contributed by atoms with van der Waals surface area (Å²) in [5.74, 6) is -1.12. The Morgan fingerprint density at radius 2 is 1.52 bits per heavy atom. The molecule has 0 heterocycles. The summed E-state index contributed by atoms with van der Waals surface area (Å²) < 4.78 is 25.2. The van der Waals surface area contributed by atoms with Crippen LogP contribution in [0.1, 0.15) is 11.1 Å². The lowest BCUT2D eigenvalue weighted by Crippen LogP contribution is -2.23. The fourth-order valence-electron chi connectivity index (χ4n) is 2.80. The Hall–Kier alpha value is -2.66. The van der Waals surface area contributed by atoms with Crippen molar-refractivity contribution in [1.29, 1.82) is 0 Å². The maximum atomic E-state index is 12.6. The van der Waals surface area contributed by atoms with Crippen molar-refractivity contribution >= 4 is 32.2 Å². The van der Waals surface area contributed by atoms with Crippen LogP contribution in [0.3, 0.4) is 0 Å². The van der Waals surface area contributed by atoms with Crippen molar-refractivity contribution in [2.45, 2.75) is 18.7 Å². The second-order valence-electron chi connectivity index (χ2n) is 6.08. The molecule has 0 spiro atoms. The summed E-state index contributed by atoms with van der Waals surface area (Å²) in [4.78, 5) is 12.4. The van der Waals surface area contributed by atoms with E-state index in [9.17, 15) is 13.2 Å². The van der Waals surface area contributed by atoms with Gasteiger partial charge in [-0.3, -0.25) is 4.79 Å². The quantitative estimate of drug-likeness (QED) is 0.774. The van der Waals surface area contributed by atoms with Gasteiger partial charge in [-0.25, -0.2) is 8.42 Å². The molecule has 3 aromatic rings. The van der Waals surface area contributed by atoms with Crippen LogP contribution in [0, 0.1) is 13.8 Å². The van der Waals surface area contributed by atoms with Gasteiger partial charge in [0.2, 0.25) is 5.91 Å². The van der Waals surface area contributed by atoms with Gasteiger partial charge < -0.3 is 5.32 Å². The number of hydrogen-bond acceptors (Lipinski definition) is 3. The molecule has 1 N–H and O–H groups in total. The van der Waals surface area contributed by atoms with Crippen molar-refractivity contribution in [2.24, 2.45) is 0 Å². The highest BCUT2D eigenvalue weighted by atomic mass is 32.2. The van der Waals surface area contributed by atoms with Crippen molar-refractivity contribution in [3.63, 3.8) is 0 Å². The lowest BCUT2D eigenvalue weighted by molar-refractivity contribution is -0.113. The van der Waals surface area contributed by atoms with E-state index in [0.717, 1.165) is 21.9 Å². The van der Waals surface area contributed by atoms with Crippen LogP contribution in [0.15, 0.2) is 65.6 Å². The van der Waals surface area contributed by atoms with Crippen LogP contribution >= 0.6 is 0 Å². The number of anilines is 1. The van der Waals surface area contributed by atoms with Gasteiger partial charge in [0.05, 0.1) is 4.90 Å². The minimum atomic E-state index is -3.71. The maximum absolute atomic E-state index is 12.6. The molecule has 0 aliphatic heterocycles. The van der Waals surface area contributed by atoms with E-state index in [2.05, 4.69) is 5.32 Å².